The van der Waals surface area contributed by atoms with Crippen molar-refractivity contribution in [3.63, 3.8) is 0 Å². The molecule has 0 radical (unpaired) electrons. The van der Waals surface area contributed by atoms with E-state index in [-0.39, 0.29) is 11.5 Å². The molecule has 0 amide bonds. The minimum absolute atomic E-state index is 0.118. The molecular weight excluding hydrogens is 298 g/mol. The zero-order valence-corrected chi connectivity index (χ0v) is 12.6. The first-order valence-electron chi connectivity index (χ1n) is 6.75. The van der Waals surface area contributed by atoms with Gasteiger partial charge in [0, 0.05) is 17.7 Å². The van der Waals surface area contributed by atoms with E-state index < -0.39 is 10.9 Å². The lowest BCUT2D eigenvalue weighted by Crippen LogP contribution is -2.15. The highest BCUT2D eigenvalue weighted by Crippen LogP contribution is 2.14. The summed E-state index contributed by atoms with van der Waals surface area (Å²) in [6, 6.07) is 11.0. The topological polar surface area (TPSA) is 108 Å². The van der Waals surface area contributed by atoms with E-state index >= 15 is 0 Å². The number of nitrogens with two attached hydrogens (primary N) is 1. The van der Waals surface area contributed by atoms with E-state index in [2.05, 4.69) is 5.16 Å². The monoisotopic (exact) mass is 313 g/mol. The van der Waals surface area contributed by atoms with Crippen molar-refractivity contribution in [2.24, 2.45) is 10.9 Å². The third-order valence-corrected chi connectivity index (χ3v) is 3.19. The molecule has 118 valence electrons. The Morgan fingerprint density at radius 3 is 2.65 bits per heavy atom. The highest BCUT2D eigenvalue weighted by atomic mass is 16.7. The van der Waals surface area contributed by atoms with Crippen LogP contribution in [-0.4, -0.2) is 16.7 Å². The van der Waals surface area contributed by atoms with E-state index in [0.29, 0.717) is 11.1 Å². The molecule has 0 bridgehead atoms. The summed E-state index contributed by atoms with van der Waals surface area (Å²) in [7, 11) is 0. The zero-order valence-electron chi connectivity index (χ0n) is 12.6. The summed E-state index contributed by atoms with van der Waals surface area (Å²) in [4.78, 5) is 27.1. The predicted molar refractivity (Wildman–Crippen MR) is 85.2 cm³/mol. The lowest BCUT2D eigenvalue weighted by Gasteiger charge is -2.05. The summed E-state index contributed by atoms with van der Waals surface area (Å²) in [5, 5.41) is 14.3. The normalized spacial score (nSPS) is 11.1. The van der Waals surface area contributed by atoms with E-state index in [0.717, 1.165) is 11.1 Å². The van der Waals surface area contributed by atoms with Crippen LogP contribution in [0.2, 0.25) is 0 Å². The number of benzene rings is 2. The average Bonchev–Trinajstić information content (AvgIpc) is 2.54. The fourth-order valence-electron chi connectivity index (χ4n) is 1.93. The molecular formula is C16H15N3O4. The summed E-state index contributed by atoms with van der Waals surface area (Å²) >= 11 is 0. The van der Waals surface area contributed by atoms with Crippen LogP contribution in [0.4, 0.5) is 5.69 Å². The van der Waals surface area contributed by atoms with Gasteiger partial charge in [0.2, 0.25) is 0 Å². The molecule has 0 spiro atoms. The van der Waals surface area contributed by atoms with Gasteiger partial charge in [-0.15, -0.1) is 0 Å². The number of hydrogen-bond acceptors (Lipinski definition) is 5. The van der Waals surface area contributed by atoms with Gasteiger partial charge in [0.25, 0.3) is 5.69 Å². The maximum atomic E-state index is 12.0. The van der Waals surface area contributed by atoms with Gasteiger partial charge in [-0.1, -0.05) is 35.0 Å². The molecule has 0 aromatic heterocycles. The molecule has 0 saturated heterocycles. The van der Waals surface area contributed by atoms with Gasteiger partial charge in [-0.05, 0) is 25.5 Å². The second-order valence-electron chi connectivity index (χ2n) is 4.98. The summed E-state index contributed by atoms with van der Waals surface area (Å²) < 4.78 is 0. The SMILES string of the molecule is Cc1ccc(C)c(C(=O)ON=C(N)c2cccc([N+](=O)[O-])c2)c1. The Balaban J connectivity index is 2.19. The Morgan fingerprint density at radius 1 is 1.22 bits per heavy atom. The highest BCUT2D eigenvalue weighted by Gasteiger charge is 2.12. The molecule has 0 aliphatic heterocycles. The van der Waals surface area contributed by atoms with Gasteiger partial charge in [0.1, 0.15) is 0 Å². The second kappa shape index (κ2) is 6.69. The molecule has 0 atom stereocenters. The van der Waals surface area contributed by atoms with Crippen LogP contribution >= 0.6 is 0 Å². The molecule has 2 aromatic rings. The quantitative estimate of drug-likeness (QED) is 0.307. The van der Waals surface area contributed by atoms with Crippen molar-refractivity contribution in [2.45, 2.75) is 13.8 Å². The first kappa shape index (κ1) is 16.2. The number of non-ortho nitro benzene ring substituents is 1. The fraction of sp³-hybridized carbons (Fsp3) is 0.125. The minimum atomic E-state index is -0.639. The minimum Gasteiger partial charge on any atom is -0.380 e. The van der Waals surface area contributed by atoms with Crippen LogP contribution < -0.4 is 5.73 Å². The zero-order chi connectivity index (χ0) is 17.0. The molecule has 0 saturated carbocycles. The molecule has 7 nitrogen and oxygen atoms in total. The number of carbonyl (C=O) groups excluding carboxylic acids is 1. The molecule has 0 heterocycles. The Labute approximate surface area is 132 Å². The molecule has 7 heteroatoms. The summed E-state index contributed by atoms with van der Waals surface area (Å²) in [6.07, 6.45) is 0. The Hall–Kier alpha value is -3.22. The Bertz CT molecular complexity index is 800. The van der Waals surface area contributed by atoms with Gasteiger partial charge in [-0.3, -0.25) is 10.1 Å². The number of hydrogen-bond donors (Lipinski definition) is 1. The highest BCUT2D eigenvalue weighted by molar-refractivity contribution is 5.98. The number of nitro groups is 1. The first-order valence-corrected chi connectivity index (χ1v) is 6.75. The van der Waals surface area contributed by atoms with Crippen molar-refractivity contribution < 1.29 is 14.6 Å². The van der Waals surface area contributed by atoms with E-state index in [1.54, 1.807) is 19.1 Å². The summed E-state index contributed by atoms with van der Waals surface area (Å²) in [5.74, 6) is -0.757. The third-order valence-electron chi connectivity index (χ3n) is 3.19. The number of amidine groups is 1. The van der Waals surface area contributed by atoms with Crippen molar-refractivity contribution in [3.05, 3.63) is 74.8 Å². The fourth-order valence-corrected chi connectivity index (χ4v) is 1.93. The molecule has 2 N–H and O–H groups in total. The van der Waals surface area contributed by atoms with Crippen LogP contribution in [0.25, 0.3) is 0 Å². The lowest BCUT2D eigenvalue weighted by atomic mass is 10.1. The number of rotatable bonds is 4. The van der Waals surface area contributed by atoms with E-state index in [9.17, 15) is 14.9 Å². The van der Waals surface area contributed by atoms with E-state index in [1.807, 2.05) is 13.0 Å². The van der Waals surface area contributed by atoms with Crippen molar-refractivity contribution >= 4 is 17.5 Å². The number of carbonyl (C=O) groups is 1. The maximum Gasteiger partial charge on any atom is 0.366 e. The van der Waals surface area contributed by atoms with E-state index in [4.69, 9.17) is 10.6 Å². The van der Waals surface area contributed by atoms with Gasteiger partial charge in [-0.25, -0.2) is 4.79 Å². The molecule has 0 fully saturated rings. The second-order valence-corrected chi connectivity index (χ2v) is 4.98. The van der Waals surface area contributed by atoms with Crippen molar-refractivity contribution in [3.8, 4) is 0 Å². The standard InChI is InChI=1S/C16H15N3O4/c1-10-6-7-11(2)14(8-10)16(20)23-18-15(17)12-4-3-5-13(9-12)19(21)22/h3-9H,1-2H3,(H2,17,18). The van der Waals surface area contributed by atoms with Gasteiger partial charge < -0.3 is 10.6 Å². The van der Waals surface area contributed by atoms with Crippen LogP contribution in [0.3, 0.4) is 0 Å². The number of oxime groups is 1. The average molecular weight is 313 g/mol. The third kappa shape index (κ3) is 3.91. The summed E-state index contributed by atoms with van der Waals surface area (Å²) in [6.45, 7) is 3.64. The van der Waals surface area contributed by atoms with Gasteiger partial charge in [0.15, 0.2) is 5.84 Å². The van der Waals surface area contributed by atoms with E-state index in [1.165, 1.54) is 24.3 Å². The molecule has 23 heavy (non-hydrogen) atoms. The van der Waals surface area contributed by atoms with Crippen LogP contribution in [0.5, 0.6) is 0 Å². The van der Waals surface area contributed by atoms with Gasteiger partial charge in [-0.2, -0.15) is 0 Å². The van der Waals surface area contributed by atoms with Crippen LogP contribution in [0.1, 0.15) is 27.0 Å². The molecule has 0 aliphatic carbocycles. The van der Waals surface area contributed by atoms with Crippen LogP contribution in [0, 0.1) is 24.0 Å². The molecule has 0 aliphatic rings. The number of nitrogens with zero attached hydrogens (tertiary/aromatic N) is 2. The Kier molecular flexibility index (Phi) is 4.70. The van der Waals surface area contributed by atoms with Crippen molar-refractivity contribution in [2.75, 3.05) is 0 Å². The largest absolute Gasteiger partial charge is 0.380 e. The number of aryl methyl sites for hydroxylation is 2. The predicted octanol–water partition coefficient (Wildman–Crippen LogP) is 2.69. The first-order chi connectivity index (χ1) is 10.9. The molecule has 2 rings (SSSR count). The number of nitro benzene ring substituents is 1. The lowest BCUT2D eigenvalue weighted by molar-refractivity contribution is -0.384. The van der Waals surface area contributed by atoms with Crippen molar-refractivity contribution in [1.29, 1.82) is 0 Å². The van der Waals surface area contributed by atoms with Crippen LogP contribution in [-0.2, 0) is 4.84 Å². The smallest absolute Gasteiger partial charge is 0.366 e. The van der Waals surface area contributed by atoms with Crippen LogP contribution in [0.15, 0.2) is 47.6 Å². The molecule has 0 unspecified atom stereocenters. The Morgan fingerprint density at radius 2 is 1.96 bits per heavy atom. The van der Waals surface area contributed by atoms with Gasteiger partial charge >= 0.3 is 5.97 Å². The van der Waals surface area contributed by atoms with Gasteiger partial charge in [0.05, 0.1) is 10.5 Å². The summed E-state index contributed by atoms with van der Waals surface area (Å²) in [5.41, 5.74) is 7.94. The van der Waals surface area contributed by atoms with Crippen molar-refractivity contribution in [1.82, 2.24) is 0 Å². The maximum absolute atomic E-state index is 12.0. The molecule has 2 aromatic carbocycles.